The lowest BCUT2D eigenvalue weighted by molar-refractivity contribution is -0.136. The van der Waals surface area contributed by atoms with Crippen molar-refractivity contribution in [2.24, 2.45) is 0 Å². The smallest absolute Gasteiger partial charge is 0.307 e. The van der Waals surface area contributed by atoms with Crippen LogP contribution < -0.4 is 0 Å². The summed E-state index contributed by atoms with van der Waals surface area (Å²) in [5, 5.41) is 19.8. The van der Waals surface area contributed by atoms with Gasteiger partial charge >= 0.3 is 5.97 Å². The molecule has 1 heterocycles. The van der Waals surface area contributed by atoms with Crippen molar-refractivity contribution in [3.63, 3.8) is 0 Å². The molecule has 0 bridgehead atoms. The molecule has 2 N–H and O–H groups in total. The minimum atomic E-state index is -0.850. The highest BCUT2D eigenvalue weighted by Gasteiger charge is 2.31. The van der Waals surface area contributed by atoms with Crippen LogP contribution >= 0.6 is 0 Å². The first-order valence-corrected chi connectivity index (χ1v) is 13.7. The number of aliphatic hydroxyl groups is 1. The van der Waals surface area contributed by atoms with E-state index < -0.39 is 11.6 Å². The number of aryl methyl sites for hydroxylation is 3. The van der Waals surface area contributed by atoms with Gasteiger partial charge in [-0.2, -0.15) is 0 Å². The van der Waals surface area contributed by atoms with E-state index in [-0.39, 0.29) is 11.8 Å². The highest BCUT2D eigenvalue weighted by Crippen LogP contribution is 2.41. The maximum Gasteiger partial charge on any atom is 0.307 e. The van der Waals surface area contributed by atoms with Crippen molar-refractivity contribution >= 4 is 5.97 Å². The van der Waals surface area contributed by atoms with Gasteiger partial charge in [-0.15, -0.1) is 0 Å². The standard InChI is InChI=1S/C33H43NO3/c1-7-32(37,8-2)18-17-26-12-13-27(19-23(26)5)33(9-3,10-4)28-14-15-29(24(6)20-28)30-16-11-25(22-34-30)21-31(35)36/h11-16,19-20,22,37H,7-10,17-18,21H2,1-6H3,(H,35,36). The Bertz CT molecular complexity index is 1200. The van der Waals surface area contributed by atoms with Gasteiger partial charge in [0.1, 0.15) is 0 Å². The third kappa shape index (κ3) is 6.30. The fraction of sp³-hybridized carbons (Fsp3) is 0.455. The van der Waals surface area contributed by atoms with E-state index in [4.69, 9.17) is 5.11 Å². The fourth-order valence-corrected chi connectivity index (χ4v) is 5.59. The van der Waals surface area contributed by atoms with E-state index in [1.54, 1.807) is 6.20 Å². The lowest BCUT2D eigenvalue weighted by Crippen LogP contribution is -2.28. The minimum Gasteiger partial charge on any atom is -0.481 e. The topological polar surface area (TPSA) is 70.4 Å². The number of pyridine rings is 1. The highest BCUT2D eigenvalue weighted by molar-refractivity contribution is 5.71. The summed E-state index contributed by atoms with van der Waals surface area (Å²) in [6.45, 7) is 13.0. The van der Waals surface area contributed by atoms with Crippen LogP contribution in [0.2, 0.25) is 0 Å². The zero-order valence-electron chi connectivity index (χ0n) is 23.4. The summed E-state index contributed by atoms with van der Waals surface area (Å²) in [5.74, 6) is -0.850. The highest BCUT2D eigenvalue weighted by atomic mass is 16.4. The molecule has 198 valence electrons. The summed E-state index contributed by atoms with van der Waals surface area (Å²) in [6, 6.07) is 17.3. The van der Waals surface area contributed by atoms with Crippen LogP contribution in [-0.4, -0.2) is 26.8 Å². The van der Waals surface area contributed by atoms with Crippen LogP contribution in [0.25, 0.3) is 11.3 Å². The van der Waals surface area contributed by atoms with Gasteiger partial charge in [0.2, 0.25) is 0 Å². The predicted molar refractivity (Wildman–Crippen MR) is 152 cm³/mol. The molecular weight excluding hydrogens is 458 g/mol. The Morgan fingerprint density at radius 2 is 1.46 bits per heavy atom. The molecule has 0 saturated carbocycles. The first-order valence-electron chi connectivity index (χ1n) is 13.7. The number of hydrogen-bond donors (Lipinski definition) is 2. The van der Waals surface area contributed by atoms with Gasteiger partial charge in [0.05, 0.1) is 17.7 Å². The van der Waals surface area contributed by atoms with Crippen LogP contribution in [0.5, 0.6) is 0 Å². The average molecular weight is 502 g/mol. The quantitative estimate of drug-likeness (QED) is 0.268. The lowest BCUT2D eigenvalue weighted by Gasteiger charge is -2.34. The number of aliphatic carboxylic acids is 1. The van der Waals surface area contributed by atoms with Gasteiger partial charge in [0.15, 0.2) is 0 Å². The molecule has 1 aromatic heterocycles. The SMILES string of the molecule is CCC(O)(CC)CCc1ccc(C(CC)(CC)c2ccc(-c3ccc(CC(=O)O)cn3)c(C)c2)cc1C. The Morgan fingerprint density at radius 3 is 1.95 bits per heavy atom. The molecule has 0 aliphatic heterocycles. The Morgan fingerprint density at radius 1 is 0.838 bits per heavy atom. The molecule has 3 aromatic rings. The summed E-state index contributed by atoms with van der Waals surface area (Å²) in [6.07, 6.45) is 6.88. The van der Waals surface area contributed by atoms with E-state index in [9.17, 15) is 9.90 Å². The number of benzene rings is 2. The third-order valence-corrected chi connectivity index (χ3v) is 8.51. The van der Waals surface area contributed by atoms with E-state index in [0.29, 0.717) is 5.56 Å². The zero-order valence-corrected chi connectivity index (χ0v) is 23.4. The Kier molecular flexibility index (Phi) is 9.31. The number of carboxylic acid groups (broad SMARTS) is 1. The summed E-state index contributed by atoms with van der Waals surface area (Å²) < 4.78 is 0. The molecular formula is C33H43NO3. The van der Waals surface area contributed by atoms with Crippen molar-refractivity contribution < 1.29 is 15.0 Å². The maximum atomic E-state index is 11.0. The van der Waals surface area contributed by atoms with Crippen LogP contribution in [0.3, 0.4) is 0 Å². The van der Waals surface area contributed by atoms with Crippen molar-refractivity contribution in [1.82, 2.24) is 4.98 Å². The van der Waals surface area contributed by atoms with Crippen LogP contribution in [0.1, 0.15) is 93.2 Å². The monoisotopic (exact) mass is 501 g/mol. The number of nitrogens with zero attached hydrogens (tertiary/aromatic N) is 1. The molecule has 0 aliphatic carbocycles. The molecule has 2 aromatic carbocycles. The van der Waals surface area contributed by atoms with Crippen LogP contribution in [-0.2, 0) is 23.1 Å². The molecule has 4 heteroatoms. The van der Waals surface area contributed by atoms with E-state index in [1.807, 2.05) is 12.1 Å². The number of carboxylic acids is 1. The summed E-state index contributed by atoms with van der Waals surface area (Å²) in [7, 11) is 0. The summed E-state index contributed by atoms with van der Waals surface area (Å²) in [4.78, 5) is 15.5. The Balaban J connectivity index is 1.92. The molecule has 0 fully saturated rings. The van der Waals surface area contributed by atoms with Crippen molar-refractivity contribution in [2.75, 3.05) is 0 Å². The largest absolute Gasteiger partial charge is 0.481 e. The first kappa shape index (κ1) is 28.6. The number of hydrogen-bond acceptors (Lipinski definition) is 3. The van der Waals surface area contributed by atoms with Gasteiger partial charge < -0.3 is 10.2 Å². The first-order chi connectivity index (χ1) is 17.6. The second-order valence-corrected chi connectivity index (χ2v) is 10.5. The minimum absolute atomic E-state index is 0.0169. The molecule has 4 nitrogen and oxygen atoms in total. The van der Waals surface area contributed by atoms with E-state index in [0.717, 1.165) is 55.3 Å². The van der Waals surface area contributed by atoms with Crippen LogP contribution in [0.4, 0.5) is 0 Å². The third-order valence-electron chi connectivity index (χ3n) is 8.51. The summed E-state index contributed by atoms with van der Waals surface area (Å²) >= 11 is 0. The van der Waals surface area contributed by atoms with Crippen molar-refractivity contribution in [1.29, 1.82) is 0 Å². The number of rotatable bonds is 12. The predicted octanol–water partition coefficient (Wildman–Crippen LogP) is 7.58. The van der Waals surface area contributed by atoms with Crippen molar-refractivity contribution in [2.45, 2.75) is 97.5 Å². The molecule has 0 atom stereocenters. The Hall–Kier alpha value is -2.98. The van der Waals surface area contributed by atoms with Gasteiger partial charge in [0, 0.05) is 17.2 Å². The zero-order chi connectivity index (χ0) is 27.2. The molecule has 0 aliphatic rings. The van der Waals surface area contributed by atoms with E-state index >= 15 is 0 Å². The normalized spacial score (nSPS) is 12.1. The molecule has 0 unspecified atom stereocenters. The van der Waals surface area contributed by atoms with Gasteiger partial charge in [0.25, 0.3) is 0 Å². The Labute approximate surface area is 222 Å². The van der Waals surface area contributed by atoms with E-state index in [1.165, 1.54) is 22.3 Å². The molecule has 37 heavy (non-hydrogen) atoms. The molecule has 3 rings (SSSR count). The molecule has 0 saturated heterocycles. The van der Waals surface area contributed by atoms with Crippen LogP contribution in [0, 0.1) is 13.8 Å². The molecule has 0 amide bonds. The molecule has 0 radical (unpaired) electrons. The van der Waals surface area contributed by atoms with Crippen molar-refractivity contribution in [3.05, 3.63) is 88.1 Å². The van der Waals surface area contributed by atoms with Gasteiger partial charge in [-0.25, -0.2) is 0 Å². The number of carbonyl (C=O) groups is 1. The second-order valence-electron chi connectivity index (χ2n) is 10.5. The fourth-order valence-electron chi connectivity index (χ4n) is 5.59. The van der Waals surface area contributed by atoms with Crippen LogP contribution in [0.15, 0.2) is 54.7 Å². The van der Waals surface area contributed by atoms with Gasteiger partial charge in [-0.3, -0.25) is 9.78 Å². The van der Waals surface area contributed by atoms with Gasteiger partial charge in [-0.05, 0) is 91.8 Å². The maximum absolute atomic E-state index is 11.0. The number of aromatic nitrogens is 1. The van der Waals surface area contributed by atoms with E-state index in [2.05, 4.69) is 82.9 Å². The van der Waals surface area contributed by atoms with Gasteiger partial charge in [-0.1, -0.05) is 70.2 Å². The van der Waals surface area contributed by atoms with Crippen molar-refractivity contribution in [3.8, 4) is 11.3 Å². The molecule has 0 spiro atoms. The summed E-state index contributed by atoms with van der Waals surface area (Å²) in [5.41, 5.74) is 8.37. The average Bonchev–Trinajstić information content (AvgIpc) is 2.89. The lowest BCUT2D eigenvalue weighted by atomic mass is 9.69. The second kappa shape index (κ2) is 12.0.